The number of piperidine rings is 1. The van der Waals surface area contributed by atoms with Crippen molar-refractivity contribution in [3.63, 3.8) is 0 Å². The SMILES string of the molecule is O=C(N1CCCCC2C1CCCN2c1ccccc1)C(F)(F)F. The molecule has 126 valence electrons. The standard InChI is InChI=1S/C17H21F3N2O/c18-17(19,20)16(23)22-11-5-4-9-14-15(22)10-6-12-21(14)13-7-2-1-3-8-13/h1-3,7-8,14-15H,4-6,9-12H2. The highest BCUT2D eigenvalue weighted by Crippen LogP contribution is 2.34. The van der Waals surface area contributed by atoms with E-state index in [2.05, 4.69) is 4.90 Å². The van der Waals surface area contributed by atoms with Gasteiger partial charge < -0.3 is 9.80 Å². The van der Waals surface area contributed by atoms with E-state index in [9.17, 15) is 18.0 Å². The van der Waals surface area contributed by atoms with Crippen LogP contribution in [-0.2, 0) is 4.79 Å². The van der Waals surface area contributed by atoms with E-state index in [-0.39, 0.29) is 18.6 Å². The van der Waals surface area contributed by atoms with Gasteiger partial charge in [-0.2, -0.15) is 13.2 Å². The van der Waals surface area contributed by atoms with Crippen LogP contribution in [0.4, 0.5) is 18.9 Å². The van der Waals surface area contributed by atoms with Crippen LogP contribution in [0.5, 0.6) is 0 Å². The van der Waals surface area contributed by atoms with Gasteiger partial charge in [0.2, 0.25) is 0 Å². The van der Waals surface area contributed by atoms with E-state index >= 15 is 0 Å². The molecular weight excluding hydrogens is 305 g/mol. The van der Waals surface area contributed by atoms with Crippen LogP contribution in [0.2, 0.25) is 0 Å². The van der Waals surface area contributed by atoms with Gasteiger partial charge in [0, 0.05) is 24.8 Å². The number of nitrogens with zero attached hydrogens (tertiary/aromatic N) is 2. The highest BCUT2D eigenvalue weighted by atomic mass is 19.4. The molecule has 2 aliphatic rings. The number of likely N-dealkylation sites (tertiary alicyclic amines) is 1. The Morgan fingerprint density at radius 3 is 2.35 bits per heavy atom. The van der Waals surface area contributed by atoms with Crippen molar-refractivity contribution in [2.45, 2.75) is 50.4 Å². The average Bonchev–Trinajstić information content (AvgIpc) is 2.76. The number of hydrogen-bond acceptors (Lipinski definition) is 2. The highest BCUT2D eigenvalue weighted by Gasteiger charge is 2.48. The first kappa shape index (κ1) is 16.1. The first-order valence-corrected chi connectivity index (χ1v) is 8.18. The van der Waals surface area contributed by atoms with Gasteiger partial charge in [0.15, 0.2) is 0 Å². The number of fused-ring (bicyclic) bond motifs is 1. The molecule has 2 saturated heterocycles. The molecule has 2 fully saturated rings. The quantitative estimate of drug-likeness (QED) is 0.787. The molecule has 1 aromatic rings. The van der Waals surface area contributed by atoms with Gasteiger partial charge in [-0.3, -0.25) is 4.79 Å². The van der Waals surface area contributed by atoms with Crippen LogP contribution >= 0.6 is 0 Å². The van der Waals surface area contributed by atoms with Crippen molar-refractivity contribution >= 4 is 11.6 Å². The number of carbonyl (C=O) groups is 1. The number of anilines is 1. The fourth-order valence-corrected chi connectivity index (χ4v) is 3.90. The van der Waals surface area contributed by atoms with E-state index in [0.717, 1.165) is 36.4 Å². The molecule has 0 radical (unpaired) electrons. The zero-order chi connectivity index (χ0) is 16.4. The Bertz CT molecular complexity index is 547. The van der Waals surface area contributed by atoms with Crippen LogP contribution < -0.4 is 4.90 Å². The lowest BCUT2D eigenvalue weighted by Crippen LogP contribution is -2.58. The van der Waals surface area contributed by atoms with Crippen LogP contribution in [0.15, 0.2) is 30.3 Å². The molecular formula is C17H21F3N2O. The second kappa shape index (κ2) is 6.42. The predicted octanol–water partition coefficient (Wildman–Crippen LogP) is 3.60. The van der Waals surface area contributed by atoms with Crippen molar-refractivity contribution in [3.05, 3.63) is 30.3 Å². The second-order valence-corrected chi connectivity index (χ2v) is 6.30. The third-order valence-electron chi connectivity index (χ3n) is 4.88. The molecule has 3 nitrogen and oxygen atoms in total. The Balaban J connectivity index is 1.88. The molecule has 23 heavy (non-hydrogen) atoms. The minimum atomic E-state index is -4.79. The van der Waals surface area contributed by atoms with E-state index in [1.54, 1.807) is 0 Å². The van der Waals surface area contributed by atoms with E-state index < -0.39 is 12.1 Å². The summed E-state index contributed by atoms with van der Waals surface area (Å²) in [4.78, 5) is 15.1. The number of alkyl halides is 3. The third-order valence-corrected chi connectivity index (χ3v) is 4.88. The van der Waals surface area contributed by atoms with Crippen LogP contribution in [0.3, 0.4) is 0 Å². The van der Waals surface area contributed by atoms with Crippen molar-refractivity contribution in [1.29, 1.82) is 0 Å². The number of hydrogen-bond donors (Lipinski definition) is 0. The number of halogens is 3. The van der Waals surface area contributed by atoms with Crippen LogP contribution in [0.25, 0.3) is 0 Å². The van der Waals surface area contributed by atoms with Gasteiger partial charge in [-0.05, 0) is 44.2 Å². The highest BCUT2D eigenvalue weighted by molar-refractivity contribution is 5.82. The van der Waals surface area contributed by atoms with Crippen LogP contribution in [-0.4, -0.2) is 42.2 Å². The zero-order valence-electron chi connectivity index (χ0n) is 12.9. The molecule has 0 bridgehead atoms. The lowest BCUT2D eigenvalue weighted by Gasteiger charge is -2.46. The van der Waals surface area contributed by atoms with Crippen molar-refractivity contribution < 1.29 is 18.0 Å². The Hall–Kier alpha value is -1.72. The number of amides is 1. The van der Waals surface area contributed by atoms with Gasteiger partial charge in [-0.15, -0.1) is 0 Å². The van der Waals surface area contributed by atoms with Crippen molar-refractivity contribution in [1.82, 2.24) is 4.90 Å². The summed E-state index contributed by atoms with van der Waals surface area (Å²) < 4.78 is 38.8. The monoisotopic (exact) mass is 326 g/mol. The average molecular weight is 326 g/mol. The normalized spacial score (nSPS) is 25.7. The minimum absolute atomic E-state index is 0.0278. The second-order valence-electron chi connectivity index (χ2n) is 6.30. The van der Waals surface area contributed by atoms with Gasteiger partial charge in [-0.25, -0.2) is 0 Å². The molecule has 1 amide bonds. The first-order valence-electron chi connectivity index (χ1n) is 8.18. The van der Waals surface area contributed by atoms with Gasteiger partial charge >= 0.3 is 12.1 Å². The predicted molar refractivity (Wildman–Crippen MR) is 82.2 cm³/mol. The first-order chi connectivity index (χ1) is 11.0. The topological polar surface area (TPSA) is 23.6 Å². The lowest BCUT2D eigenvalue weighted by atomic mass is 9.91. The summed E-state index contributed by atoms with van der Waals surface area (Å²) in [7, 11) is 0. The Kier molecular flexibility index (Phi) is 4.50. The number of carbonyl (C=O) groups excluding carboxylic acids is 1. The molecule has 2 heterocycles. The summed E-state index contributed by atoms with van der Waals surface area (Å²) in [6, 6.07) is 9.41. The van der Waals surface area contributed by atoms with E-state index in [1.165, 1.54) is 0 Å². The summed E-state index contributed by atoms with van der Waals surface area (Å²) in [6.07, 6.45) is -1.01. The summed E-state index contributed by atoms with van der Waals surface area (Å²) in [5.41, 5.74) is 1.03. The number of para-hydroxylation sites is 1. The Morgan fingerprint density at radius 2 is 1.65 bits per heavy atom. The van der Waals surface area contributed by atoms with Gasteiger partial charge in [0.25, 0.3) is 0 Å². The number of rotatable bonds is 1. The van der Waals surface area contributed by atoms with Crippen molar-refractivity contribution in [3.8, 4) is 0 Å². The molecule has 2 atom stereocenters. The van der Waals surface area contributed by atoms with E-state index in [1.807, 2.05) is 30.3 Å². The van der Waals surface area contributed by atoms with Gasteiger partial charge in [-0.1, -0.05) is 18.2 Å². The van der Waals surface area contributed by atoms with Crippen LogP contribution in [0.1, 0.15) is 32.1 Å². The molecule has 0 aliphatic carbocycles. The van der Waals surface area contributed by atoms with E-state index in [0.29, 0.717) is 12.8 Å². The summed E-state index contributed by atoms with van der Waals surface area (Å²) in [5, 5.41) is 0. The van der Waals surface area contributed by atoms with Crippen LogP contribution in [0, 0.1) is 0 Å². The number of benzene rings is 1. The zero-order valence-corrected chi connectivity index (χ0v) is 12.9. The maximum atomic E-state index is 12.9. The Morgan fingerprint density at radius 1 is 0.957 bits per heavy atom. The Labute approximate surface area is 134 Å². The minimum Gasteiger partial charge on any atom is -0.366 e. The maximum Gasteiger partial charge on any atom is 0.471 e. The van der Waals surface area contributed by atoms with E-state index in [4.69, 9.17) is 0 Å². The molecule has 3 rings (SSSR count). The molecule has 6 heteroatoms. The van der Waals surface area contributed by atoms with Crippen molar-refractivity contribution in [2.75, 3.05) is 18.0 Å². The largest absolute Gasteiger partial charge is 0.471 e. The molecule has 2 aliphatic heterocycles. The fourth-order valence-electron chi connectivity index (χ4n) is 3.90. The molecule has 0 N–H and O–H groups in total. The lowest BCUT2D eigenvalue weighted by molar-refractivity contribution is -0.188. The van der Waals surface area contributed by atoms with Gasteiger partial charge in [0.1, 0.15) is 0 Å². The van der Waals surface area contributed by atoms with Crippen molar-refractivity contribution in [2.24, 2.45) is 0 Å². The molecule has 1 aromatic carbocycles. The molecule has 0 aromatic heterocycles. The summed E-state index contributed by atoms with van der Waals surface area (Å²) in [6.45, 7) is 1.04. The molecule has 0 spiro atoms. The van der Waals surface area contributed by atoms with Gasteiger partial charge in [0.05, 0.1) is 6.04 Å². The summed E-state index contributed by atoms with van der Waals surface area (Å²) >= 11 is 0. The maximum absolute atomic E-state index is 12.9. The molecule has 2 unspecified atom stereocenters. The summed E-state index contributed by atoms with van der Waals surface area (Å²) in [5.74, 6) is -1.68. The smallest absolute Gasteiger partial charge is 0.366 e. The fraction of sp³-hybridized carbons (Fsp3) is 0.588. The third kappa shape index (κ3) is 3.31. The molecule has 0 saturated carbocycles.